The summed E-state index contributed by atoms with van der Waals surface area (Å²) in [6, 6.07) is -14.7. The van der Waals surface area contributed by atoms with Crippen LogP contribution in [0.5, 0.6) is 0 Å². The second-order valence-corrected chi connectivity index (χ2v) is 5.25. The minimum Gasteiger partial charge on any atom is -0.0622 e. The molecule has 0 heteroatoms. The van der Waals surface area contributed by atoms with Crippen LogP contribution in [0.2, 0.25) is 0 Å². The lowest BCUT2D eigenvalue weighted by Gasteiger charge is -2.17. The molecule has 0 aliphatic heterocycles. The number of rotatable bonds is 2. The van der Waals surface area contributed by atoms with Crippen LogP contribution in [0.25, 0.3) is 43.8 Å². The van der Waals surface area contributed by atoms with Gasteiger partial charge >= 0.3 is 0 Å². The average Bonchev–Trinajstić information content (AvgIpc) is 3.00. The minimum absolute atomic E-state index is 0.526. The third kappa shape index (κ3) is 2.31. The molecule has 0 saturated heterocycles. The first-order valence-corrected chi connectivity index (χ1v) is 7.50. The van der Waals surface area contributed by atoms with Crippen molar-refractivity contribution in [1.29, 1.82) is 0 Å². The van der Waals surface area contributed by atoms with Crippen LogP contribution in [-0.4, -0.2) is 0 Å². The maximum atomic E-state index is 8.85. The molecule has 0 spiro atoms. The Hall–Kier alpha value is -3.38. The van der Waals surface area contributed by atoms with Crippen LogP contribution in [0.1, 0.15) is 24.7 Å². The molecule has 0 unspecified atom stereocenters. The molecule has 0 heterocycles. The summed E-state index contributed by atoms with van der Waals surface area (Å²) in [5.41, 5.74) is -2.29. The molecule has 26 heavy (non-hydrogen) atoms. The molecular formula is C26H18. The molecule has 122 valence electrons. The summed E-state index contributed by atoms with van der Waals surface area (Å²) < 4.78 is 152. The monoisotopic (exact) mass is 348 g/mol. The number of hydrogen-bond donors (Lipinski definition) is 0. The standard InChI is InChI=1S/C26H18/c1-3-11-19(12-4-1)25-21-15-7-9-17-23(21)26(20-13-5-2-6-14-20)24-18-10-8-16-22(24)25/h1-18H/i1D,2D,3D,4D,5D,6D,7D,8D,9D,10D,11D,12D,13D,14D,15D,16D,17D,18D. The highest BCUT2D eigenvalue weighted by Gasteiger charge is 2.15. The summed E-state index contributed by atoms with van der Waals surface area (Å²) >= 11 is 0. The van der Waals surface area contributed by atoms with Gasteiger partial charge in [0.15, 0.2) is 0 Å². The maximum Gasteiger partial charge on any atom is 0.0629 e. The molecule has 0 aliphatic carbocycles. The van der Waals surface area contributed by atoms with Gasteiger partial charge in [0.1, 0.15) is 0 Å². The molecule has 0 radical (unpaired) electrons. The predicted octanol–water partition coefficient (Wildman–Crippen LogP) is 7.33. The summed E-state index contributed by atoms with van der Waals surface area (Å²) in [5.74, 6) is 0. The SMILES string of the molecule is [2H]c1c([2H])c([2H])c(-c2c3c([2H])c([2H])c([2H])c([2H])c3c(-c3c([2H])c([2H])c([2H])c([2H])c3[2H])c3c([2H])c([2H])c([2H])c([2H])c23)c([2H])c1[2H]. The molecule has 0 aliphatic rings. The third-order valence-corrected chi connectivity index (χ3v) is 3.88. The van der Waals surface area contributed by atoms with Crippen LogP contribution in [0.4, 0.5) is 0 Å². The Labute approximate surface area is 178 Å². The Balaban J connectivity index is 2.35. The lowest BCUT2D eigenvalue weighted by atomic mass is 9.86. The van der Waals surface area contributed by atoms with E-state index >= 15 is 0 Å². The molecule has 0 amide bonds. The molecule has 0 N–H and O–H groups in total. The second kappa shape index (κ2) is 6.16. The molecule has 0 bridgehead atoms. The minimum atomic E-state index is -0.830. The molecule has 0 nitrogen and oxygen atoms in total. The van der Waals surface area contributed by atoms with E-state index < -0.39 is 153 Å². The van der Waals surface area contributed by atoms with Crippen LogP contribution in [0.15, 0.2) is 109 Å². The van der Waals surface area contributed by atoms with Crippen molar-refractivity contribution in [3.63, 3.8) is 0 Å². The predicted molar refractivity (Wildman–Crippen MR) is 112 cm³/mol. The van der Waals surface area contributed by atoms with Crippen molar-refractivity contribution < 1.29 is 24.7 Å². The van der Waals surface area contributed by atoms with Gasteiger partial charge in [0.2, 0.25) is 0 Å². The van der Waals surface area contributed by atoms with Crippen molar-refractivity contribution in [1.82, 2.24) is 0 Å². The van der Waals surface area contributed by atoms with E-state index in [-0.39, 0.29) is 0 Å². The summed E-state index contributed by atoms with van der Waals surface area (Å²) in [6.07, 6.45) is 0. The molecule has 0 atom stereocenters. The fourth-order valence-corrected chi connectivity index (χ4v) is 2.88. The number of fused-ring (bicyclic) bond motifs is 2. The van der Waals surface area contributed by atoms with Gasteiger partial charge in [0, 0.05) is 0 Å². The van der Waals surface area contributed by atoms with Crippen molar-refractivity contribution in [2.75, 3.05) is 0 Å². The lowest BCUT2D eigenvalue weighted by Crippen LogP contribution is -1.90. The molecule has 5 aromatic carbocycles. The van der Waals surface area contributed by atoms with E-state index in [0.717, 1.165) is 0 Å². The largest absolute Gasteiger partial charge is 0.0629 e. The van der Waals surface area contributed by atoms with Gasteiger partial charge in [-0.3, -0.25) is 0 Å². The van der Waals surface area contributed by atoms with Gasteiger partial charge in [0.05, 0.1) is 24.7 Å². The van der Waals surface area contributed by atoms with Gasteiger partial charge in [-0.2, -0.15) is 0 Å². The quantitative estimate of drug-likeness (QED) is 0.293. The van der Waals surface area contributed by atoms with Crippen molar-refractivity contribution >= 4 is 21.5 Å². The normalized spacial score (nSPS) is 20.8. The Morgan fingerprint density at radius 2 is 0.615 bits per heavy atom. The highest BCUT2D eigenvalue weighted by molar-refractivity contribution is 6.21. The molecule has 5 aromatic rings. The third-order valence-electron chi connectivity index (χ3n) is 3.88. The topological polar surface area (TPSA) is 0 Å². The maximum absolute atomic E-state index is 8.85. The zero-order valence-corrected chi connectivity index (χ0v) is 13.0. The zero-order chi connectivity index (χ0) is 33.0. The van der Waals surface area contributed by atoms with E-state index in [1.165, 1.54) is 0 Å². The summed E-state index contributed by atoms with van der Waals surface area (Å²) in [5, 5.41) is -2.13. The van der Waals surface area contributed by atoms with E-state index in [4.69, 9.17) is 24.7 Å². The van der Waals surface area contributed by atoms with Gasteiger partial charge < -0.3 is 0 Å². The summed E-state index contributed by atoms with van der Waals surface area (Å²) in [6.45, 7) is 0. The van der Waals surface area contributed by atoms with Crippen LogP contribution in [-0.2, 0) is 0 Å². The zero-order valence-electron chi connectivity index (χ0n) is 31.0. The second-order valence-electron chi connectivity index (χ2n) is 5.25. The van der Waals surface area contributed by atoms with E-state index in [9.17, 15) is 0 Å². The molecule has 0 fully saturated rings. The van der Waals surface area contributed by atoms with Crippen LogP contribution < -0.4 is 0 Å². The lowest BCUT2D eigenvalue weighted by molar-refractivity contribution is 1.65. The van der Waals surface area contributed by atoms with Crippen molar-refractivity contribution in [2.45, 2.75) is 0 Å². The van der Waals surface area contributed by atoms with E-state index in [1.54, 1.807) is 0 Å². The van der Waals surface area contributed by atoms with Gasteiger partial charge in [0.25, 0.3) is 0 Å². The van der Waals surface area contributed by atoms with E-state index in [2.05, 4.69) is 0 Å². The fraction of sp³-hybridized carbons (Fsp3) is 0. The van der Waals surface area contributed by atoms with Gasteiger partial charge in [-0.25, -0.2) is 0 Å². The smallest absolute Gasteiger partial charge is 0.0622 e. The Morgan fingerprint density at radius 3 is 0.923 bits per heavy atom. The molecule has 5 rings (SSSR count). The Bertz CT molecular complexity index is 1860. The van der Waals surface area contributed by atoms with Crippen LogP contribution in [0.3, 0.4) is 0 Å². The first kappa shape index (κ1) is 5.31. The van der Waals surface area contributed by atoms with Crippen LogP contribution >= 0.6 is 0 Å². The van der Waals surface area contributed by atoms with Crippen molar-refractivity contribution in [3.8, 4) is 22.3 Å². The highest BCUT2D eigenvalue weighted by Crippen LogP contribution is 2.43. The summed E-state index contributed by atoms with van der Waals surface area (Å²) in [4.78, 5) is 0. The van der Waals surface area contributed by atoms with Crippen molar-refractivity contribution in [2.24, 2.45) is 0 Å². The molecule has 0 aromatic heterocycles. The Kier molecular flexibility index (Phi) is 1.26. The molecule has 0 saturated carbocycles. The summed E-state index contributed by atoms with van der Waals surface area (Å²) in [7, 11) is 0. The average molecular weight is 349 g/mol. The van der Waals surface area contributed by atoms with Gasteiger partial charge in [-0.15, -0.1) is 0 Å². The fourth-order valence-electron chi connectivity index (χ4n) is 2.88. The van der Waals surface area contributed by atoms with Crippen LogP contribution in [0, 0.1) is 0 Å². The van der Waals surface area contributed by atoms with E-state index in [1.807, 2.05) is 0 Å². The number of benzene rings is 5. The van der Waals surface area contributed by atoms with Crippen molar-refractivity contribution in [3.05, 3.63) is 109 Å². The van der Waals surface area contributed by atoms with Gasteiger partial charge in [-0.1, -0.05) is 109 Å². The first-order chi connectivity index (χ1) is 20.4. The Morgan fingerprint density at radius 1 is 0.346 bits per heavy atom. The van der Waals surface area contributed by atoms with E-state index in [0.29, 0.717) is 0 Å². The highest BCUT2D eigenvalue weighted by atomic mass is 14.2. The van der Waals surface area contributed by atoms with Gasteiger partial charge in [-0.05, 0) is 43.8 Å². The first-order valence-electron chi connectivity index (χ1n) is 16.5. The molecular weight excluding hydrogens is 312 g/mol. The number of hydrogen-bond acceptors (Lipinski definition) is 0.